The number of hydrogen-bond donors (Lipinski definition) is 2. The molecule has 0 radical (unpaired) electrons. The summed E-state index contributed by atoms with van der Waals surface area (Å²) < 4.78 is 7.01. The zero-order chi connectivity index (χ0) is 20.8. The summed E-state index contributed by atoms with van der Waals surface area (Å²) in [5, 5.41) is 3.80. The van der Waals surface area contributed by atoms with Gasteiger partial charge in [-0.25, -0.2) is 9.36 Å². The quantitative estimate of drug-likeness (QED) is 0.510. The molecule has 0 bridgehead atoms. The van der Waals surface area contributed by atoms with Crippen molar-refractivity contribution in [2.45, 2.75) is 12.6 Å². The van der Waals surface area contributed by atoms with Crippen LogP contribution in [0.1, 0.15) is 17.3 Å². The van der Waals surface area contributed by atoms with Gasteiger partial charge in [0.25, 0.3) is 5.56 Å². The maximum Gasteiger partial charge on any atom is 0.329 e. The van der Waals surface area contributed by atoms with Gasteiger partial charge in [0, 0.05) is 34.7 Å². The van der Waals surface area contributed by atoms with Gasteiger partial charge in [-0.1, -0.05) is 17.7 Å². The van der Waals surface area contributed by atoms with Gasteiger partial charge in [0.1, 0.15) is 10.4 Å². The SMILES string of the molecule is COc1ccc(Cl)c(-c2cc3[nH]c(=O)n([C@H]4CNCc5cccnc54)c(=O)c3s2)c1. The smallest absolute Gasteiger partial charge is 0.329 e. The molecule has 0 unspecified atom stereocenters. The molecule has 0 spiro atoms. The standard InChI is InChI=1S/C21H17ClN4O3S/c1-29-12-4-5-14(22)13(7-12)17-8-15-19(30-17)20(27)26(21(28)25-15)16-10-23-9-11-3-2-6-24-18(11)16/h2-8,16,23H,9-10H2,1H3,(H,25,28)/t16-/m0/s1. The van der Waals surface area contributed by atoms with Gasteiger partial charge in [0.05, 0.1) is 24.4 Å². The zero-order valence-electron chi connectivity index (χ0n) is 15.9. The molecular weight excluding hydrogens is 424 g/mol. The molecule has 9 heteroatoms. The van der Waals surface area contributed by atoms with Crippen LogP contribution in [0.3, 0.4) is 0 Å². The molecule has 1 aliphatic heterocycles. The lowest BCUT2D eigenvalue weighted by Crippen LogP contribution is -2.44. The van der Waals surface area contributed by atoms with E-state index in [4.69, 9.17) is 16.3 Å². The number of aromatic nitrogens is 3. The van der Waals surface area contributed by atoms with E-state index in [0.717, 1.165) is 21.7 Å². The van der Waals surface area contributed by atoms with E-state index in [-0.39, 0.29) is 5.56 Å². The fourth-order valence-electron chi connectivity index (χ4n) is 3.81. The third-order valence-electron chi connectivity index (χ3n) is 5.25. The number of fused-ring (bicyclic) bond motifs is 2. The number of hydrogen-bond acceptors (Lipinski definition) is 6. The first-order valence-electron chi connectivity index (χ1n) is 9.33. The van der Waals surface area contributed by atoms with Crippen molar-refractivity contribution in [3.8, 4) is 16.2 Å². The number of nitrogens with one attached hydrogen (secondary N) is 2. The van der Waals surface area contributed by atoms with E-state index in [2.05, 4.69) is 15.3 Å². The van der Waals surface area contributed by atoms with Gasteiger partial charge in [-0.2, -0.15) is 0 Å². The maximum absolute atomic E-state index is 13.4. The number of ether oxygens (including phenoxy) is 1. The first-order chi connectivity index (χ1) is 14.6. The summed E-state index contributed by atoms with van der Waals surface area (Å²) in [6, 6.07) is 10.4. The number of pyridine rings is 1. The van der Waals surface area contributed by atoms with Crippen LogP contribution in [0.25, 0.3) is 20.7 Å². The van der Waals surface area contributed by atoms with Crippen LogP contribution in [0, 0.1) is 0 Å². The Morgan fingerprint density at radius 3 is 2.97 bits per heavy atom. The van der Waals surface area contributed by atoms with E-state index in [9.17, 15) is 9.59 Å². The molecule has 1 atom stereocenters. The average molecular weight is 441 g/mol. The van der Waals surface area contributed by atoms with E-state index in [1.54, 1.807) is 31.5 Å². The molecule has 7 nitrogen and oxygen atoms in total. The summed E-state index contributed by atoms with van der Waals surface area (Å²) in [7, 11) is 1.58. The monoisotopic (exact) mass is 440 g/mol. The molecule has 4 aromatic rings. The van der Waals surface area contributed by atoms with Gasteiger partial charge in [-0.05, 0) is 35.9 Å². The van der Waals surface area contributed by atoms with Crippen molar-refractivity contribution < 1.29 is 4.74 Å². The largest absolute Gasteiger partial charge is 0.497 e. The molecule has 30 heavy (non-hydrogen) atoms. The van der Waals surface area contributed by atoms with Crippen LogP contribution in [0.4, 0.5) is 0 Å². The number of aromatic amines is 1. The Balaban J connectivity index is 1.69. The average Bonchev–Trinajstić information content (AvgIpc) is 3.18. The fraction of sp³-hybridized carbons (Fsp3) is 0.190. The summed E-state index contributed by atoms with van der Waals surface area (Å²) in [4.78, 5) is 34.3. The molecule has 0 fully saturated rings. The molecule has 3 aromatic heterocycles. The topological polar surface area (TPSA) is 89.0 Å². The lowest BCUT2D eigenvalue weighted by atomic mass is 10.0. The second-order valence-electron chi connectivity index (χ2n) is 7.00. The van der Waals surface area contributed by atoms with Crippen LogP contribution in [-0.4, -0.2) is 28.2 Å². The van der Waals surface area contributed by atoms with Crippen LogP contribution >= 0.6 is 22.9 Å². The number of H-pyrrole nitrogens is 1. The van der Waals surface area contributed by atoms with E-state index >= 15 is 0 Å². The minimum absolute atomic E-state index is 0.339. The van der Waals surface area contributed by atoms with Crippen LogP contribution in [0.15, 0.2) is 52.2 Å². The van der Waals surface area contributed by atoms with Crippen molar-refractivity contribution in [3.63, 3.8) is 0 Å². The Morgan fingerprint density at radius 1 is 1.27 bits per heavy atom. The van der Waals surface area contributed by atoms with Gasteiger partial charge in [0.2, 0.25) is 0 Å². The summed E-state index contributed by atoms with van der Waals surface area (Å²) >= 11 is 7.67. The third kappa shape index (κ3) is 3.04. The van der Waals surface area contributed by atoms with Crippen molar-refractivity contribution in [1.82, 2.24) is 19.9 Å². The number of benzene rings is 1. The minimum Gasteiger partial charge on any atom is -0.497 e. The van der Waals surface area contributed by atoms with Gasteiger partial charge >= 0.3 is 5.69 Å². The minimum atomic E-state index is -0.471. The first-order valence-corrected chi connectivity index (χ1v) is 10.5. The number of methoxy groups -OCH3 is 1. The van der Waals surface area contributed by atoms with Gasteiger partial charge < -0.3 is 15.0 Å². The van der Waals surface area contributed by atoms with E-state index in [1.165, 1.54) is 15.9 Å². The van der Waals surface area contributed by atoms with Gasteiger partial charge in [-0.3, -0.25) is 9.78 Å². The van der Waals surface area contributed by atoms with Crippen molar-refractivity contribution >= 4 is 33.2 Å². The van der Waals surface area contributed by atoms with Gasteiger partial charge in [-0.15, -0.1) is 11.3 Å². The molecule has 0 aliphatic carbocycles. The zero-order valence-corrected chi connectivity index (χ0v) is 17.5. The molecule has 152 valence electrons. The lowest BCUT2D eigenvalue weighted by molar-refractivity contribution is 0.415. The Hall–Kier alpha value is -2.94. The molecule has 1 aromatic carbocycles. The number of thiophene rings is 1. The fourth-order valence-corrected chi connectivity index (χ4v) is 5.17. The van der Waals surface area contributed by atoms with Crippen molar-refractivity contribution in [1.29, 1.82) is 0 Å². The molecule has 4 heterocycles. The summed E-state index contributed by atoms with van der Waals surface area (Å²) in [5.74, 6) is 0.661. The molecular formula is C21H17ClN4O3S. The van der Waals surface area contributed by atoms with Crippen molar-refractivity contribution in [2.24, 2.45) is 0 Å². The Morgan fingerprint density at radius 2 is 2.13 bits per heavy atom. The van der Waals surface area contributed by atoms with E-state index in [1.807, 2.05) is 18.2 Å². The predicted molar refractivity (Wildman–Crippen MR) is 118 cm³/mol. The highest BCUT2D eigenvalue weighted by molar-refractivity contribution is 7.22. The Kier molecular flexibility index (Phi) is 4.69. The number of nitrogens with zero attached hydrogens (tertiary/aromatic N) is 2. The van der Waals surface area contributed by atoms with Crippen LogP contribution < -0.4 is 21.3 Å². The molecule has 1 aliphatic rings. The number of rotatable bonds is 3. The van der Waals surface area contributed by atoms with Crippen LogP contribution in [0.5, 0.6) is 5.75 Å². The first kappa shape index (κ1) is 19.0. The second-order valence-corrected chi connectivity index (χ2v) is 8.46. The van der Waals surface area contributed by atoms with Crippen molar-refractivity contribution in [3.05, 3.63) is 79.7 Å². The summed E-state index contributed by atoms with van der Waals surface area (Å²) in [6.07, 6.45) is 1.68. The van der Waals surface area contributed by atoms with E-state index in [0.29, 0.717) is 34.1 Å². The van der Waals surface area contributed by atoms with Gasteiger partial charge in [0.15, 0.2) is 0 Å². The highest BCUT2D eigenvalue weighted by Crippen LogP contribution is 2.37. The van der Waals surface area contributed by atoms with Crippen LogP contribution in [-0.2, 0) is 6.54 Å². The molecule has 2 N–H and O–H groups in total. The Bertz CT molecular complexity index is 1390. The Labute approximate surface area is 179 Å². The van der Waals surface area contributed by atoms with Crippen LogP contribution in [0.2, 0.25) is 5.02 Å². The molecule has 0 saturated carbocycles. The predicted octanol–water partition coefficient (Wildman–Crippen LogP) is 3.17. The summed E-state index contributed by atoms with van der Waals surface area (Å²) in [6.45, 7) is 1.12. The molecule has 0 amide bonds. The van der Waals surface area contributed by atoms with Crippen molar-refractivity contribution in [2.75, 3.05) is 13.7 Å². The number of halogens is 1. The normalized spacial score (nSPS) is 15.9. The second kappa shape index (κ2) is 7.39. The molecule has 0 saturated heterocycles. The lowest BCUT2D eigenvalue weighted by Gasteiger charge is -2.26. The third-order valence-corrected chi connectivity index (χ3v) is 6.74. The maximum atomic E-state index is 13.4. The molecule has 5 rings (SSSR count). The highest BCUT2D eigenvalue weighted by atomic mass is 35.5. The highest BCUT2D eigenvalue weighted by Gasteiger charge is 2.26. The van der Waals surface area contributed by atoms with E-state index < -0.39 is 11.7 Å². The summed E-state index contributed by atoms with van der Waals surface area (Å²) in [5.41, 5.74) is 2.17.